The van der Waals surface area contributed by atoms with E-state index in [1.54, 1.807) is 17.3 Å². The van der Waals surface area contributed by atoms with Gasteiger partial charge in [0.25, 0.3) is 0 Å². The predicted octanol–water partition coefficient (Wildman–Crippen LogP) is 2.20. The van der Waals surface area contributed by atoms with Crippen molar-refractivity contribution < 1.29 is 14.3 Å². The molecule has 3 aliphatic heterocycles. The second-order valence-electron chi connectivity index (χ2n) is 8.85. The minimum absolute atomic E-state index is 0.00885. The van der Waals surface area contributed by atoms with Gasteiger partial charge in [-0.15, -0.1) is 0 Å². The van der Waals surface area contributed by atoms with Gasteiger partial charge in [0.1, 0.15) is 5.60 Å². The molecule has 0 saturated carbocycles. The number of hydrogen-bond acceptors (Lipinski definition) is 4. The highest BCUT2D eigenvalue weighted by Gasteiger charge is 2.66. The fourth-order valence-corrected chi connectivity index (χ4v) is 5.50. The average molecular weight is 428 g/mol. The molecule has 0 radical (unpaired) electrons. The smallest absolute Gasteiger partial charge is 0.230 e. The highest BCUT2D eigenvalue weighted by molar-refractivity contribution is 5.93. The molecule has 6 rings (SSSR count). The second-order valence-corrected chi connectivity index (χ2v) is 8.85. The van der Waals surface area contributed by atoms with Gasteiger partial charge in [0.2, 0.25) is 11.8 Å². The van der Waals surface area contributed by atoms with Crippen molar-refractivity contribution in [2.75, 3.05) is 13.1 Å². The summed E-state index contributed by atoms with van der Waals surface area (Å²) in [4.78, 5) is 35.6. The van der Waals surface area contributed by atoms with Gasteiger partial charge < -0.3 is 19.9 Å². The van der Waals surface area contributed by atoms with Gasteiger partial charge in [-0.25, -0.2) is 0 Å². The molecule has 2 aromatic heterocycles. The van der Waals surface area contributed by atoms with E-state index < -0.39 is 17.4 Å². The maximum Gasteiger partial charge on any atom is 0.230 e. The first-order valence-electron chi connectivity index (χ1n) is 11.0. The molecular formula is C25H24N4O3. The zero-order valence-corrected chi connectivity index (χ0v) is 17.5. The lowest BCUT2D eigenvalue weighted by Crippen LogP contribution is -2.44. The summed E-state index contributed by atoms with van der Waals surface area (Å²) in [6.07, 6.45) is 9.77. The Morgan fingerprint density at radius 3 is 2.97 bits per heavy atom. The third-order valence-corrected chi connectivity index (χ3v) is 6.97. The van der Waals surface area contributed by atoms with E-state index in [4.69, 9.17) is 4.74 Å². The molecule has 2 N–H and O–H groups in total. The minimum Gasteiger partial charge on any atom is -0.361 e. The van der Waals surface area contributed by atoms with Crippen LogP contribution in [-0.4, -0.2) is 51.5 Å². The summed E-state index contributed by atoms with van der Waals surface area (Å²) in [5.74, 6) is -1.07. The van der Waals surface area contributed by atoms with Gasteiger partial charge in [0.05, 0.1) is 24.5 Å². The fraction of sp³-hybridized carbons (Fsp3) is 0.320. The van der Waals surface area contributed by atoms with Crippen molar-refractivity contribution in [3.8, 4) is 0 Å². The highest BCUT2D eigenvalue weighted by Crippen LogP contribution is 2.52. The Morgan fingerprint density at radius 2 is 2.09 bits per heavy atom. The van der Waals surface area contributed by atoms with E-state index >= 15 is 0 Å². The monoisotopic (exact) mass is 428 g/mol. The molecule has 7 heteroatoms. The van der Waals surface area contributed by atoms with Gasteiger partial charge in [-0.1, -0.05) is 30.4 Å². The number of carbonyl (C=O) groups is 2. The summed E-state index contributed by atoms with van der Waals surface area (Å²) in [7, 11) is 0. The Morgan fingerprint density at radius 1 is 1.25 bits per heavy atom. The number of likely N-dealkylation sites (tertiary alicyclic amines) is 1. The van der Waals surface area contributed by atoms with Crippen LogP contribution in [0.2, 0.25) is 0 Å². The van der Waals surface area contributed by atoms with Crippen LogP contribution in [0.5, 0.6) is 0 Å². The SMILES string of the molecule is O=C(NCCc1c[nH]c2ccccc12)C1C2C(=O)N(Cc3ccncc3)C[C@@]23C=C[C@H]1O3. The third kappa shape index (κ3) is 2.96. The van der Waals surface area contributed by atoms with Crippen LogP contribution in [0.1, 0.15) is 11.1 Å². The average Bonchev–Trinajstić information content (AvgIpc) is 3.55. The Bertz CT molecular complexity index is 1220. The second kappa shape index (κ2) is 7.31. The van der Waals surface area contributed by atoms with E-state index in [0.29, 0.717) is 19.6 Å². The van der Waals surface area contributed by atoms with Crippen LogP contribution < -0.4 is 5.32 Å². The van der Waals surface area contributed by atoms with Crippen molar-refractivity contribution in [3.63, 3.8) is 0 Å². The Balaban J connectivity index is 1.15. The summed E-state index contributed by atoms with van der Waals surface area (Å²) in [5, 5.41) is 4.23. The molecule has 2 unspecified atom stereocenters. The number of hydrogen-bond donors (Lipinski definition) is 2. The molecule has 32 heavy (non-hydrogen) atoms. The maximum absolute atomic E-state index is 13.3. The van der Waals surface area contributed by atoms with Crippen LogP contribution in [0.25, 0.3) is 10.9 Å². The number of nitrogens with zero attached hydrogens (tertiary/aromatic N) is 2. The summed E-state index contributed by atoms with van der Waals surface area (Å²) >= 11 is 0. The number of ether oxygens (including phenoxy) is 1. The lowest BCUT2D eigenvalue weighted by Gasteiger charge is -2.23. The lowest BCUT2D eigenvalue weighted by molar-refractivity contribution is -0.137. The van der Waals surface area contributed by atoms with Crippen LogP contribution in [0.4, 0.5) is 0 Å². The van der Waals surface area contributed by atoms with Crippen molar-refractivity contribution in [1.82, 2.24) is 20.2 Å². The minimum atomic E-state index is -0.687. The number of carbonyl (C=O) groups excluding carboxylic acids is 2. The van der Waals surface area contributed by atoms with Crippen molar-refractivity contribution >= 4 is 22.7 Å². The van der Waals surface area contributed by atoms with E-state index in [1.165, 1.54) is 10.9 Å². The topological polar surface area (TPSA) is 87.3 Å². The molecule has 2 fully saturated rings. The van der Waals surface area contributed by atoms with Crippen LogP contribution in [0, 0.1) is 11.8 Å². The molecule has 2 saturated heterocycles. The van der Waals surface area contributed by atoms with Crippen molar-refractivity contribution in [2.24, 2.45) is 11.8 Å². The number of nitrogens with one attached hydrogen (secondary N) is 2. The van der Waals surface area contributed by atoms with Gasteiger partial charge in [0.15, 0.2) is 0 Å². The summed E-state index contributed by atoms with van der Waals surface area (Å²) in [6, 6.07) is 11.9. The molecule has 3 aromatic rings. The number of pyridine rings is 1. The molecule has 2 amide bonds. The third-order valence-electron chi connectivity index (χ3n) is 6.97. The van der Waals surface area contributed by atoms with Crippen LogP contribution in [0.3, 0.4) is 0 Å². The molecule has 1 spiro atoms. The zero-order valence-electron chi connectivity index (χ0n) is 17.5. The van der Waals surface area contributed by atoms with E-state index in [0.717, 1.165) is 17.5 Å². The summed E-state index contributed by atoms with van der Waals surface area (Å²) < 4.78 is 6.21. The summed E-state index contributed by atoms with van der Waals surface area (Å²) in [5.41, 5.74) is 2.59. The molecule has 2 bridgehead atoms. The van der Waals surface area contributed by atoms with Gasteiger partial charge in [0, 0.05) is 42.6 Å². The maximum atomic E-state index is 13.3. The van der Waals surface area contributed by atoms with Crippen molar-refractivity contribution in [1.29, 1.82) is 0 Å². The van der Waals surface area contributed by atoms with Gasteiger partial charge in [-0.05, 0) is 35.7 Å². The molecule has 3 aliphatic rings. The highest BCUT2D eigenvalue weighted by atomic mass is 16.5. The van der Waals surface area contributed by atoms with Gasteiger partial charge in [-0.3, -0.25) is 14.6 Å². The van der Waals surface area contributed by atoms with Crippen molar-refractivity contribution in [2.45, 2.75) is 24.7 Å². The van der Waals surface area contributed by atoms with Crippen LogP contribution >= 0.6 is 0 Å². The first-order valence-corrected chi connectivity index (χ1v) is 11.0. The quantitative estimate of drug-likeness (QED) is 0.590. The number of amides is 2. The number of benzene rings is 1. The molecular weight excluding hydrogens is 404 g/mol. The summed E-state index contributed by atoms with van der Waals surface area (Å²) in [6.45, 7) is 1.49. The number of para-hydroxylation sites is 1. The number of fused-ring (bicyclic) bond motifs is 2. The zero-order chi connectivity index (χ0) is 21.7. The van der Waals surface area contributed by atoms with E-state index in [-0.39, 0.29) is 17.9 Å². The van der Waals surface area contributed by atoms with Crippen LogP contribution in [-0.2, 0) is 27.3 Å². The fourth-order valence-electron chi connectivity index (χ4n) is 5.50. The lowest BCUT2D eigenvalue weighted by atomic mass is 9.77. The molecule has 7 nitrogen and oxygen atoms in total. The molecule has 162 valence electrons. The normalized spacial score (nSPS) is 27.9. The molecule has 1 aromatic carbocycles. The number of aromatic nitrogens is 2. The van der Waals surface area contributed by atoms with Crippen molar-refractivity contribution in [3.05, 3.63) is 78.3 Å². The van der Waals surface area contributed by atoms with Gasteiger partial charge >= 0.3 is 0 Å². The predicted molar refractivity (Wildman–Crippen MR) is 118 cm³/mol. The first kappa shape index (κ1) is 19.3. The van der Waals surface area contributed by atoms with Gasteiger partial charge in [-0.2, -0.15) is 0 Å². The first-order chi connectivity index (χ1) is 15.6. The number of aromatic amines is 1. The van der Waals surface area contributed by atoms with Crippen LogP contribution in [0.15, 0.2) is 67.1 Å². The Kier molecular flexibility index (Phi) is 4.40. The molecule has 0 aliphatic carbocycles. The number of rotatable bonds is 6. The number of H-pyrrole nitrogens is 1. The van der Waals surface area contributed by atoms with E-state index in [2.05, 4.69) is 21.4 Å². The van der Waals surface area contributed by atoms with E-state index in [1.807, 2.05) is 48.7 Å². The van der Waals surface area contributed by atoms with E-state index in [9.17, 15) is 9.59 Å². The Hall–Kier alpha value is -3.45. The Labute approximate surface area is 185 Å². The standard InChI is InChI=1S/C25H24N4O3/c30-23(27-12-8-17-13-28-19-4-2-1-3-18(17)19)21-20-5-9-25(32-20)15-29(24(31)22(21)25)14-16-6-10-26-11-7-16/h1-7,9-11,13,20-22,28H,8,12,14-15H2,(H,27,30)/t20-,21?,22?,25+/m1/s1. The molecule has 4 atom stereocenters. The largest absolute Gasteiger partial charge is 0.361 e. The molecule has 5 heterocycles.